The number of anilines is 1. The highest BCUT2D eigenvalue weighted by Crippen LogP contribution is 2.32. The van der Waals surface area contributed by atoms with Crippen LogP contribution in [0.25, 0.3) is 0 Å². The summed E-state index contributed by atoms with van der Waals surface area (Å²) in [6.45, 7) is 5.86. The molecule has 26 heavy (non-hydrogen) atoms. The van der Waals surface area contributed by atoms with E-state index in [1.165, 1.54) is 5.69 Å². The largest absolute Gasteiger partial charge is 0.490 e. The average Bonchev–Trinajstić information content (AvgIpc) is 2.94. The number of nitrogens with zero attached hydrogens (tertiary/aromatic N) is 2. The molecule has 2 aliphatic rings. The van der Waals surface area contributed by atoms with Gasteiger partial charge >= 0.3 is 0 Å². The van der Waals surface area contributed by atoms with Crippen molar-refractivity contribution in [3.63, 3.8) is 0 Å². The van der Waals surface area contributed by atoms with Crippen molar-refractivity contribution in [1.82, 2.24) is 4.90 Å². The SMILES string of the molecule is O[C@@H](CN1CCN(c2ccccc2)CC1)c1ccc2c(c1)OCCCO2. The minimum atomic E-state index is -0.518. The lowest BCUT2D eigenvalue weighted by Crippen LogP contribution is -2.47. The Labute approximate surface area is 154 Å². The smallest absolute Gasteiger partial charge is 0.161 e. The zero-order chi connectivity index (χ0) is 17.8. The molecule has 2 aromatic rings. The van der Waals surface area contributed by atoms with Crippen LogP contribution in [0.3, 0.4) is 0 Å². The minimum Gasteiger partial charge on any atom is -0.490 e. The highest BCUT2D eigenvalue weighted by molar-refractivity contribution is 5.46. The standard InChI is InChI=1S/C21H26N2O3/c24-19(17-7-8-20-21(15-17)26-14-4-13-25-20)16-22-9-11-23(12-10-22)18-5-2-1-3-6-18/h1-3,5-8,15,19,24H,4,9-14,16H2/t19-/m0/s1. The lowest BCUT2D eigenvalue weighted by atomic mass is 10.1. The van der Waals surface area contributed by atoms with Gasteiger partial charge in [0.05, 0.1) is 19.3 Å². The minimum absolute atomic E-state index is 0.518. The number of fused-ring (bicyclic) bond motifs is 1. The maximum atomic E-state index is 10.7. The summed E-state index contributed by atoms with van der Waals surface area (Å²) in [4.78, 5) is 4.73. The summed E-state index contributed by atoms with van der Waals surface area (Å²) in [5.74, 6) is 1.52. The lowest BCUT2D eigenvalue weighted by molar-refractivity contribution is 0.109. The fraction of sp³-hybridized carbons (Fsp3) is 0.429. The van der Waals surface area contributed by atoms with Crippen molar-refractivity contribution in [3.8, 4) is 11.5 Å². The molecule has 5 nitrogen and oxygen atoms in total. The summed E-state index contributed by atoms with van der Waals surface area (Å²) in [5, 5.41) is 10.7. The Morgan fingerprint density at radius 2 is 1.62 bits per heavy atom. The van der Waals surface area contributed by atoms with E-state index in [0.717, 1.165) is 49.7 Å². The number of aliphatic hydroxyl groups is 1. The molecule has 2 heterocycles. The van der Waals surface area contributed by atoms with E-state index in [9.17, 15) is 5.11 Å². The summed E-state index contributed by atoms with van der Waals surface area (Å²) in [6, 6.07) is 16.3. The van der Waals surface area contributed by atoms with Crippen molar-refractivity contribution >= 4 is 5.69 Å². The average molecular weight is 354 g/mol. The number of ether oxygens (including phenoxy) is 2. The molecule has 1 N–H and O–H groups in total. The number of benzene rings is 2. The number of rotatable bonds is 4. The summed E-state index contributed by atoms with van der Waals surface area (Å²) in [7, 11) is 0. The molecule has 0 radical (unpaired) electrons. The number of hydrogen-bond acceptors (Lipinski definition) is 5. The van der Waals surface area contributed by atoms with E-state index in [-0.39, 0.29) is 0 Å². The molecule has 1 saturated heterocycles. The van der Waals surface area contributed by atoms with E-state index in [4.69, 9.17) is 9.47 Å². The van der Waals surface area contributed by atoms with Crippen molar-refractivity contribution in [2.45, 2.75) is 12.5 Å². The quantitative estimate of drug-likeness (QED) is 0.915. The lowest BCUT2D eigenvalue weighted by Gasteiger charge is -2.37. The highest BCUT2D eigenvalue weighted by atomic mass is 16.5. The first-order valence-electron chi connectivity index (χ1n) is 9.39. The third kappa shape index (κ3) is 3.94. The molecule has 2 aliphatic heterocycles. The van der Waals surface area contributed by atoms with E-state index in [2.05, 4.69) is 34.1 Å². The molecule has 1 fully saturated rings. The van der Waals surface area contributed by atoms with E-state index in [1.807, 2.05) is 24.3 Å². The van der Waals surface area contributed by atoms with E-state index < -0.39 is 6.10 Å². The molecular weight excluding hydrogens is 328 g/mol. The number of β-amino-alcohol motifs (C(OH)–C–C–N with tert-alkyl or cyclic N) is 1. The van der Waals surface area contributed by atoms with Gasteiger partial charge in [-0.05, 0) is 29.8 Å². The van der Waals surface area contributed by atoms with Crippen LogP contribution in [-0.4, -0.2) is 55.9 Å². The molecule has 5 heteroatoms. The van der Waals surface area contributed by atoms with Crippen molar-refractivity contribution in [2.75, 3.05) is 50.8 Å². The van der Waals surface area contributed by atoms with Crippen LogP contribution in [0.1, 0.15) is 18.1 Å². The maximum Gasteiger partial charge on any atom is 0.161 e. The second-order valence-electron chi connectivity index (χ2n) is 6.90. The first-order chi connectivity index (χ1) is 12.8. The topological polar surface area (TPSA) is 45.2 Å². The number of hydrogen-bond donors (Lipinski definition) is 1. The van der Waals surface area contributed by atoms with E-state index in [0.29, 0.717) is 19.8 Å². The Bertz CT molecular complexity index is 714. The van der Waals surface area contributed by atoms with Crippen LogP contribution < -0.4 is 14.4 Å². The zero-order valence-electron chi connectivity index (χ0n) is 15.0. The number of aliphatic hydroxyl groups excluding tert-OH is 1. The molecule has 4 rings (SSSR count). The van der Waals surface area contributed by atoms with Crippen LogP contribution >= 0.6 is 0 Å². The monoisotopic (exact) mass is 354 g/mol. The number of piperazine rings is 1. The summed E-state index contributed by atoms with van der Waals surface area (Å²) >= 11 is 0. The van der Waals surface area contributed by atoms with Gasteiger partial charge in [-0.1, -0.05) is 24.3 Å². The third-order valence-electron chi connectivity index (χ3n) is 5.08. The molecular formula is C21H26N2O3. The van der Waals surface area contributed by atoms with Crippen LogP contribution in [0.15, 0.2) is 48.5 Å². The predicted molar refractivity (Wildman–Crippen MR) is 102 cm³/mol. The van der Waals surface area contributed by atoms with Crippen molar-refractivity contribution < 1.29 is 14.6 Å². The van der Waals surface area contributed by atoms with Gasteiger partial charge in [0.15, 0.2) is 11.5 Å². The van der Waals surface area contributed by atoms with Crippen LogP contribution in [-0.2, 0) is 0 Å². The first-order valence-corrected chi connectivity index (χ1v) is 9.39. The van der Waals surface area contributed by atoms with E-state index >= 15 is 0 Å². The fourth-order valence-corrected chi connectivity index (χ4v) is 3.56. The third-order valence-corrected chi connectivity index (χ3v) is 5.08. The summed E-state index contributed by atoms with van der Waals surface area (Å²) in [5.41, 5.74) is 2.16. The van der Waals surface area contributed by atoms with Gasteiger partial charge in [-0.2, -0.15) is 0 Å². The Morgan fingerprint density at radius 3 is 2.38 bits per heavy atom. The molecule has 0 amide bonds. The molecule has 0 aromatic heterocycles. The molecule has 2 aromatic carbocycles. The van der Waals surface area contributed by atoms with Crippen LogP contribution in [0.2, 0.25) is 0 Å². The van der Waals surface area contributed by atoms with Crippen LogP contribution in [0.4, 0.5) is 5.69 Å². The zero-order valence-corrected chi connectivity index (χ0v) is 15.0. The van der Waals surface area contributed by atoms with Gasteiger partial charge in [-0.15, -0.1) is 0 Å². The molecule has 0 aliphatic carbocycles. The van der Waals surface area contributed by atoms with Gasteiger partial charge < -0.3 is 19.5 Å². The van der Waals surface area contributed by atoms with Crippen LogP contribution in [0, 0.1) is 0 Å². The van der Waals surface area contributed by atoms with Crippen LogP contribution in [0.5, 0.6) is 11.5 Å². The Morgan fingerprint density at radius 1 is 0.885 bits per heavy atom. The normalized spacial score (nSPS) is 19.0. The second-order valence-corrected chi connectivity index (χ2v) is 6.90. The van der Waals surface area contributed by atoms with Crippen molar-refractivity contribution in [1.29, 1.82) is 0 Å². The van der Waals surface area contributed by atoms with Gasteiger partial charge in [0.25, 0.3) is 0 Å². The Balaban J connectivity index is 1.34. The highest BCUT2D eigenvalue weighted by Gasteiger charge is 2.21. The van der Waals surface area contributed by atoms with Gasteiger partial charge in [0.2, 0.25) is 0 Å². The molecule has 0 spiro atoms. The maximum absolute atomic E-state index is 10.7. The fourth-order valence-electron chi connectivity index (χ4n) is 3.56. The molecule has 0 saturated carbocycles. The summed E-state index contributed by atoms with van der Waals surface area (Å²) < 4.78 is 11.4. The Kier molecular flexibility index (Phi) is 5.27. The van der Waals surface area contributed by atoms with E-state index in [1.54, 1.807) is 0 Å². The predicted octanol–water partition coefficient (Wildman–Crippen LogP) is 2.70. The Hall–Kier alpha value is -2.24. The molecule has 1 atom stereocenters. The molecule has 0 unspecified atom stereocenters. The molecule has 138 valence electrons. The van der Waals surface area contributed by atoms with Crippen molar-refractivity contribution in [2.24, 2.45) is 0 Å². The van der Waals surface area contributed by atoms with Crippen molar-refractivity contribution in [3.05, 3.63) is 54.1 Å². The molecule has 0 bridgehead atoms. The van der Waals surface area contributed by atoms with Gasteiger partial charge in [-0.3, -0.25) is 4.90 Å². The first kappa shape index (κ1) is 17.2. The summed E-state index contributed by atoms with van der Waals surface area (Å²) in [6.07, 6.45) is 0.369. The van der Waals surface area contributed by atoms with Gasteiger partial charge in [0.1, 0.15) is 0 Å². The second kappa shape index (κ2) is 7.98. The van der Waals surface area contributed by atoms with Gasteiger partial charge in [-0.25, -0.2) is 0 Å². The number of para-hydroxylation sites is 1. The van der Waals surface area contributed by atoms with Gasteiger partial charge in [0, 0.05) is 44.8 Å².